The maximum Gasteiger partial charge on any atom is 0.410 e. The molecule has 9 nitrogen and oxygen atoms in total. The van der Waals surface area contributed by atoms with Crippen LogP contribution in [0.5, 0.6) is 5.75 Å². The molecule has 3 N–H and O–H groups in total. The van der Waals surface area contributed by atoms with E-state index in [0.29, 0.717) is 31.8 Å². The number of rotatable bonds is 9. The zero-order chi connectivity index (χ0) is 28.1. The molecule has 206 valence electrons. The molecule has 3 rings (SSSR count). The molecular formula is C27H32F2N2O7. The summed E-state index contributed by atoms with van der Waals surface area (Å²) in [6.45, 7) is 4.98. The largest absolute Gasteiger partial charge is 0.493 e. The van der Waals surface area contributed by atoms with E-state index in [1.807, 2.05) is 44.2 Å². The van der Waals surface area contributed by atoms with Gasteiger partial charge in [0.1, 0.15) is 24.0 Å². The lowest BCUT2D eigenvalue weighted by molar-refractivity contribution is -0.134. The van der Waals surface area contributed by atoms with E-state index < -0.39 is 36.3 Å². The molecule has 1 aliphatic rings. The van der Waals surface area contributed by atoms with Gasteiger partial charge in [0, 0.05) is 49.5 Å². The maximum atomic E-state index is 14.4. The number of piperazine rings is 1. The summed E-state index contributed by atoms with van der Waals surface area (Å²) >= 11 is 0. The average molecular weight is 535 g/mol. The molecule has 0 saturated carbocycles. The van der Waals surface area contributed by atoms with Gasteiger partial charge in [-0.15, -0.1) is 0 Å². The van der Waals surface area contributed by atoms with Crippen LogP contribution in [0, 0.1) is 11.6 Å². The molecule has 0 aromatic heterocycles. The number of amides is 1. The van der Waals surface area contributed by atoms with Crippen LogP contribution in [-0.2, 0) is 27.4 Å². The van der Waals surface area contributed by atoms with E-state index in [1.54, 1.807) is 4.90 Å². The normalized spacial score (nSPS) is 16.9. The van der Waals surface area contributed by atoms with Crippen molar-refractivity contribution in [3.63, 3.8) is 0 Å². The van der Waals surface area contributed by atoms with Crippen molar-refractivity contribution in [3.8, 4) is 5.75 Å². The van der Waals surface area contributed by atoms with Gasteiger partial charge in [-0.25, -0.2) is 23.2 Å². The number of carboxylic acid groups (broad SMARTS) is 2. The summed E-state index contributed by atoms with van der Waals surface area (Å²) in [6, 6.07) is 12.1. The first-order valence-corrected chi connectivity index (χ1v) is 12.0. The third kappa shape index (κ3) is 10.2. The molecule has 0 bridgehead atoms. The van der Waals surface area contributed by atoms with Gasteiger partial charge in [-0.05, 0) is 32.3 Å². The lowest BCUT2D eigenvalue weighted by atomic mass is 10.1. The smallest absolute Gasteiger partial charge is 0.410 e. The summed E-state index contributed by atoms with van der Waals surface area (Å²) < 4.78 is 39.5. The number of aryl methyl sites for hydroxylation is 1. The second-order valence-electron chi connectivity index (χ2n) is 8.63. The fourth-order valence-corrected chi connectivity index (χ4v) is 3.76. The van der Waals surface area contributed by atoms with Crippen molar-refractivity contribution in [3.05, 3.63) is 77.4 Å². The highest BCUT2D eigenvalue weighted by molar-refractivity contribution is 5.89. The molecule has 0 unspecified atom stereocenters. The van der Waals surface area contributed by atoms with Crippen LogP contribution >= 0.6 is 0 Å². The molecule has 38 heavy (non-hydrogen) atoms. The minimum Gasteiger partial charge on any atom is -0.493 e. The summed E-state index contributed by atoms with van der Waals surface area (Å²) in [7, 11) is 0. The SMILES string of the molecule is C[C@@H]1CNC[C@H](C)N1C(=O)OCc1c(F)cc(OCCCc2ccccc2)cc1F.O=C(O)/C=C/C(=O)O. The quantitative estimate of drug-likeness (QED) is 0.326. The van der Waals surface area contributed by atoms with Crippen LogP contribution in [0.2, 0.25) is 0 Å². The van der Waals surface area contributed by atoms with Crippen molar-refractivity contribution >= 4 is 18.0 Å². The molecule has 0 radical (unpaired) electrons. The topological polar surface area (TPSA) is 125 Å². The van der Waals surface area contributed by atoms with Crippen LogP contribution in [0.15, 0.2) is 54.6 Å². The van der Waals surface area contributed by atoms with Gasteiger partial charge in [0.15, 0.2) is 0 Å². The minimum absolute atomic E-state index is 0.0531. The number of ether oxygens (including phenoxy) is 2. The average Bonchev–Trinajstić information content (AvgIpc) is 2.86. The molecule has 2 aromatic rings. The third-order valence-corrected chi connectivity index (χ3v) is 5.58. The summed E-state index contributed by atoms with van der Waals surface area (Å²) in [5, 5.41) is 18.8. The van der Waals surface area contributed by atoms with E-state index >= 15 is 0 Å². The van der Waals surface area contributed by atoms with Crippen molar-refractivity contribution in [1.29, 1.82) is 0 Å². The number of carboxylic acids is 2. The van der Waals surface area contributed by atoms with E-state index in [1.165, 1.54) is 5.56 Å². The summed E-state index contributed by atoms with van der Waals surface area (Å²) in [5.74, 6) is -3.97. The van der Waals surface area contributed by atoms with E-state index in [9.17, 15) is 23.2 Å². The molecular weight excluding hydrogens is 502 g/mol. The van der Waals surface area contributed by atoms with Crippen LogP contribution < -0.4 is 10.1 Å². The Kier molecular flexibility index (Phi) is 12.2. The van der Waals surface area contributed by atoms with Crippen LogP contribution in [0.4, 0.5) is 13.6 Å². The van der Waals surface area contributed by atoms with E-state index in [2.05, 4.69) is 5.32 Å². The highest BCUT2D eigenvalue weighted by atomic mass is 19.1. The number of nitrogens with one attached hydrogen (secondary N) is 1. The van der Waals surface area contributed by atoms with Crippen LogP contribution in [0.3, 0.4) is 0 Å². The van der Waals surface area contributed by atoms with Gasteiger partial charge in [0.05, 0.1) is 12.2 Å². The Morgan fingerprint density at radius 3 is 2.08 bits per heavy atom. The fraction of sp³-hybridized carbons (Fsp3) is 0.370. The van der Waals surface area contributed by atoms with Gasteiger partial charge in [-0.1, -0.05) is 30.3 Å². The van der Waals surface area contributed by atoms with Gasteiger partial charge >= 0.3 is 18.0 Å². The lowest BCUT2D eigenvalue weighted by Crippen LogP contribution is -2.57. The van der Waals surface area contributed by atoms with Gasteiger partial charge in [-0.2, -0.15) is 0 Å². The monoisotopic (exact) mass is 534 g/mol. The molecule has 1 fully saturated rings. The van der Waals surface area contributed by atoms with Crippen molar-refractivity contribution in [2.75, 3.05) is 19.7 Å². The highest BCUT2D eigenvalue weighted by Gasteiger charge is 2.30. The van der Waals surface area contributed by atoms with Crippen LogP contribution in [-0.4, -0.2) is 64.9 Å². The molecule has 1 aliphatic heterocycles. The Hall–Kier alpha value is -3.99. The zero-order valence-electron chi connectivity index (χ0n) is 21.2. The number of carbonyl (C=O) groups excluding carboxylic acids is 1. The molecule has 2 aromatic carbocycles. The Morgan fingerprint density at radius 2 is 1.55 bits per heavy atom. The zero-order valence-corrected chi connectivity index (χ0v) is 21.2. The number of benzene rings is 2. The van der Waals surface area contributed by atoms with Crippen LogP contribution in [0.25, 0.3) is 0 Å². The summed E-state index contributed by atoms with van der Waals surface area (Å²) in [4.78, 5) is 33.1. The van der Waals surface area contributed by atoms with Gasteiger partial charge in [0.2, 0.25) is 0 Å². The highest BCUT2D eigenvalue weighted by Crippen LogP contribution is 2.23. The number of hydrogen-bond acceptors (Lipinski definition) is 6. The fourth-order valence-electron chi connectivity index (χ4n) is 3.76. The van der Waals surface area contributed by atoms with Gasteiger partial charge in [0.25, 0.3) is 0 Å². The van der Waals surface area contributed by atoms with Crippen molar-refractivity contribution in [2.24, 2.45) is 0 Å². The predicted molar refractivity (Wildman–Crippen MR) is 135 cm³/mol. The van der Waals surface area contributed by atoms with E-state index in [-0.39, 0.29) is 23.4 Å². The standard InChI is InChI=1S/C23H28F2N2O3.C4H4O4/c1-16-13-26-14-17(2)27(16)23(28)30-15-20-21(24)11-19(12-22(20)25)29-10-6-9-18-7-4-3-5-8-18;5-3(6)1-2-4(7)8/h3-5,7-8,11-12,16-17,26H,6,9-10,13-15H2,1-2H3;1-2H,(H,5,6)(H,7,8)/b;2-1+/t16-,17+;. The molecule has 1 amide bonds. The predicted octanol–water partition coefficient (Wildman–Crippen LogP) is 4.01. The second kappa shape index (κ2) is 15.3. The maximum absolute atomic E-state index is 14.4. The van der Waals surface area contributed by atoms with Crippen molar-refractivity contribution in [1.82, 2.24) is 10.2 Å². The van der Waals surface area contributed by atoms with E-state index in [0.717, 1.165) is 25.0 Å². The third-order valence-electron chi connectivity index (χ3n) is 5.58. The first kappa shape index (κ1) is 30.2. The Bertz CT molecular complexity index is 1060. The molecule has 11 heteroatoms. The Labute approximate surface area is 219 Å². The lowest BCUT2D eigenvalue weighted by Gasteiger charge is -2.38. The molecule has 1 saturated heterocycles. The van der Waals surface area contributed by atoms with Gasteiger partial charge in [-0.3, -0.25) is 0 Å². The molecule has 0 aliphatic carbocycles. The first-order valence-electron chi connectivity index (χ1n) is 12.0. The molecule has 0 spiro atoms. The number of aliphatic carboxylic acids is 2. The minimum atomic E-state index is -1.26. The molecule has 1 heterocycles. The number of carbonyl (C=O) groups is 3. The van der Waals surface area contributed by atoms with Crippen LogP contribution in [0.1, 0.15) is 31.4 Å². The number of hydrogen-bond donors (Lipinski definition) is 3. The molecule has 2 atom stereocenters. The van der Waals surface area contributed by atoms with E-state index in [4.69, 9.17) is 19.7 Å². The van der Waals surface area contributed by atoms with Gasteiger partial charge < -0.3 is 29.9 Å². The Morgan fingerprint density at radius 1 is 1.00 bits per heavy atom. The van der Waals surface area contributed by atoms with Crippen molar-refractivity contribution in [2.45, 2.75) is 45.4 Å². The summed E-state index contributed by atoms with van der Waals surface area (Å²) in [5.41, 5.74) is 0.902. The second-order valence-corrected chi connectivity index (χ2v) is 8.63. The first-order chi connectivity index (χ1) is 18.1. The Balaban J connectivity index is 0.000000550. The van der Waals surface area contributed by atoms with Crippen molar-refractivity contribution < 1.29 is 42.9 Å². The number of nitrogens with zero attached hydrogens (tertiary/aromatic N) is 1. The summed E-state index contributed by atoms with van der Waals surface area (Å²) in [6.07, 6.45) is 2.10. The number of halogens is 2.